The highest BCUT2D eigenvalue weighted by Gasteiger charge is 2.30. The van der Waals surface area contributed by atoms with Gasteiger partial charge in [0.05, 0.1) is 5.92 Å². The van der Waals surface area contributed by atoms with Gasteiger partial charge in [-0.15, -0.1) is 12.4 Å². The summed E-state index contributed by atoms with van der Waals surface area (Å²) in [7, 11) is 0. The van der Waals surface area contributed by atoms with E-state index in [4.69, 9.17) is 5.73 Å². The molecule has 1 saturated carbocycles. The van der Waals surface area contributed by atoms with Gasteiger partial charge in [0.1, 0.15) is 0 Å². The SMILES string of the molecule is CC(=O)Nc1ccc(NC(=O)C2CCCC2N)cc1.Cl. The Morgan fingerprint density at radius 2 is 1.65 bits per heavy atom. The van der Waals surface area contributed by atoms with Crippen molar-refractivity contribution in [1.82, 2.24) is 0 Å². The van der Waals surface area contributed by atoms with Crippen LogP contribution in [0.25, 0.3) is 0 Å². The second-order valence-corrected chi connectivity index (χ2v) is 4.95. The molecule has 20 heavy (non-hydrogen) atoms. The summed E-state index contributed by atoms with van der Waals surface area (Å²) < 4.78 is 0. The predicted molar refractivity (Wildman–Crippen MR) is 81.9 cm³/mol. The van der Waals surface area contributed by atoms with E-state index in [1.165, 1.54) is 6.92 Å². The molecule has 0 spiro atoms. The van der Waals surface area contributed by atoms with Gasteiger partial charge in [-0.05, 0) is 37.1 Å². The molecule has 110 valence electrons. The minimum absolute atomic E-state index is 0. The Labute approximate surface area is 124 Å². The van der Waals surface area contributed by atoms with Gasteiger partial charge in [0, 0.05) is 24.3 Å². The van der Waals surface area contributed by atoms with Crippen molar-refractivity contribution < 1.29 is 9.59 Å². The Hall–Kier alpha value is -1.59. The van der Waals surface area contributed by atoms with Gasteiger partial charge in [-0.3, -0.25) is 9.59 Å². The molecule has 0 bridgehead atoms. The highest BCUT2D eigenvalue weighted by atomic mass is 35.5. The van der Waals surface area contributed by atoms with Crippen LogP contribution in [0.4, 0.5) is 11.4 Å². The number of anilines is 2. The van der Waals surface area contributed by atoms with Gasteiger partial charge in [0.2, 0.25) is 11.8 Å². The molecule has 6 heteroatoms. The highest BCUT2D eigenvalue weighted by Crippen LogP contribution is 2.25. The van der Waals surface area contributed by atoms with E-state index >= 15 is 0 Å². The Morgan fingerprint density at radius 3 is 2.10 bits per heavy atom. The third-order valence-electron chi connectivity index (χ3n) is 3.38. The molecule has 0 aromatic heterocycles. The first kappa shape index (κ1) is 16.5. The molecule has 2 unspecified atom stereocenters. The molecule has 0 heterocycles. The van der Waals surface area contributed by atoms with Crippen LogP contribution in [0.5, 0.6) is 0 Å². The maximum atomic E-state index is 12.0. The van der Waals surface area contributed by atoms with Crippen LogP contribution in [-0.2, 0) is 9.59 Å². The fraction of sp³-hybridized carbons (Fsp3) is 0.429. The summed E-state index contributed by atoms with van der Waals surface area (Å²) >= 11 is 0. The molecular formula is C14H20ClN3O2. The van der Waals surface area contributed by atoms with Crippen LogP contribution in [0.1, 0.15) is 26.2 Å². The number of amides is 2. The maximum Gasteiger partial charge on any atom is 0.229 e. The Morgan fingerprint density at radius 1 is 1.10 bits per heavy atom. The first-order valence-electron chi connectivity index (χ1n) is 6.50. The fourth-order valence-corrected chi connectivity index (χ4v) is 2.39. The summed E-state index contributed by atoms with van der Waals surface area (Å²) in [5, 5.41) is 5.54. The average Bonchev–Trinajstić information content (AvgIpc) is 2.77. The summed E-state index contributed by atoms with van der Waals surface area (Å²) in [6.07, 6.45) is 2.79. The van der Waals surface area contributed by atoms with Crippen LogP contribution in [0.3, 0.4) is 0 Å². The molecule has 1 aliphatic rings. The monoisotopic (exact) mass is 297 g/mol. The summed E-state index contributed by atoms with van der Waals surface area (Å²) in [6, 6.07) is 7.02. The zero-order valence-corrected chi connectivity index (χ0v) is 12.2. The van der Waals surface area contributed by atoms with E-state index in [1.807, 2.05) is 0 Å². The van der Waals surface area contributed by atoms with E-state index in [0.717, 1.165) is 24.9 Å². The Bertz CT molecular complexity index is 476. The summed E-state index contributed by atoms with van der Waals surface area (Å²) in [4.78, 5) is 22.9. The molecule has 1 fully saturated rings. The summed E-state index contributed by atoms with van der Waals surface area (Å²) in [5.74, 6) is -0.221. The largest absolute Gasteiger partial charge is 0.327 e. The van der Waals surface area contributed by atoms with Crippen LogP contribution >= 0.6 is 12.4 Å². The molecular weight excluding hydrogens is 278 g/mol. The number of nitrogens with two attached hydrogens (primary N) is 1. The van der Waals surface area contributed by atoms with Crippen molar-refractivity contribution in [3.05, 3.63) is 24.3 Å². The van der Waals surface area contributed by atoms with Crippen LogP contribution in [-0.4, -0.2) is 17.9 Å². The molecule has 1 aliphatic carbocycles. The first-order valence-corrected chi connectivity index (χ1v) is 6.50. The zero-order chi connectivity index (χ0) is 13.8. The third-order valence-corrected chi connectivity index (χ3v) is 3.38. The standard InChI is InChI=1S/C14H19N3O2.ClH/c1-9(18)16-10-5-7-11(8-6-10)17-14(19)12-3-2-4-13(12)15;/h5-8,12-13H,2-4,15H2,1H3,(H,16,18)(H,17,19);1H. The quantitative estimate of drug-likeness (QED) is 0.799. The van der Waals surface area contributed by atoms with Gasteiger partial charge in [0.15, 0.2) is 0 Å². The first-order chi connectivity index (χ1) is 9.06. The van der Waals surface area contributed by atoms with E-state index < -0.39 is 0 Å². The van der Waals surface area contributed by atoms with E-state index in [0.29, 0.717) is 5.69 Å². The molecule has 2 atom stereocenters. The summed E-state index contributed by atoms with van der Waals surface area (Å²) in [6.45, 7) is 1.46. The maximum absolute atomic E-state index is 12.0. The highest BCUT2D eigenvalue weighted by molar-refractivity contribution is 5.94. The summed E-state index contributed by atoms with van der Waals surface area (Å²) in [5.41, 5.74) is 7.34. The number of carbonyl (C=O) groups is 2. The third kappa shape index (κ3) is 4.21. The number of benzene rings is 1. The number of carbonyl (C=O) groups excluding carboxylic acids is 2. The molecule has 1 aromatic rings. The molecule has 2 amide bonds. The normalized spacial score (nSPS) is 20.9. The van der Waals surface area contributed by atoms with Crippen molar-refractivity contribution in [2.45, 2.75) is 32.2 Å². The number of nitrogens with one attached hydrogen (secondary N) is 2. The molecule has 0 aliphatic heterocycles. The number of rotatable bonds is 3. The molecule has 0 saturated heterocycles. The minimum atomic E-state index is -0.117. The van der Waals surface area contributed by atoms with Crippen molar-refractivity contribution in [3.8, 4) is 0 Å². The lowest BCUT2D eigenvalue weighted by atomic mass is 10.0. The van der Waals surface area contributed by atoms with E-state index in [2.05, 4.69) is 10.6 Å². The van der Waals surface area contributed by atoms with E-state index in [1.54, 1.807) is 24.3 Å². The van der Waals surface area contributed by atoms with Gasteiger partial charge in [-0.1, -0.05) is 6.42 Å². The second-order valence-electron chi connectivity index (χ2n) is 4.95. The van der Waals surface area contributed by atoms with Crippen LogP contribution < -0.4 is 16.4 Å². The number of halogens is 1. The molecule has 4 N–H and O–H groups in total. The van der Waals surface area contributed by atoms with Crippen LogP contribution in [0.2, 0.25) is 0 Å². The lowest BCUT2D eigenvalue weighted by Crippen LogP contribution is -2.34. The number of hydrogen-bond donors (Lipinski definition) is 3. The van der Waals surface area contributed by atoms with Crippen LogP contribution in [0, 0.1) is 5.92 Å². The zero-order valence-electron chi connectivity index (χ0n) is 11.4. The van der Waals surface area contributed by atoms with Gasteiger partial charge in [-0.2, -0.15) is 0 Å². The Kier molecular flexibility index (Phi) is 5.98. The lowest BCUT2D eigenvalue weighted by Gasteiger charge is -2.15. The number of hydrogen-bond acceptors (Lipinski definition) is 3. The van der Waals surface area contributed by atoms with Crippen LogP contribution in [0.15, 0.2) is 24.3 Å². The molecule has 2 rings (SSSR count). The Balaban J connectivity index is 0.00000200. The van der Waals surface area contributed by atoms with Crippen molar-refractivity contribution in [2.75, 3.05) is 10.6 Å². The lowest BCUT2D eigenvalue weighted by molar-refractivity contribution is -0.120. The van der Waals surface area contributed by atoms with Crippen molar-refractivity contribution >= 4 is 35.6 Å². The van der Waals surface area contributed by atoms with Gasteiger partial charge >= 0.3 is 0 Å². The molecule has 0 radical (unpaired) electrons. The minimum Gasteiger partial charge on any atom is -0.327 e. The topological polar surface area (TPSA) is 84.2 Å². The van der Waals surface area contributed by atoms with Crippen molar-refractivity contribution in [1.29, 1.82) is 0 Å². The van der Waals surface area contributed by atoms with Gasteiger partial charge in [0.25, 0.3) is 0 Å². The van der Waals surface area contributed by atoms with Crippen molar-refractivity contribution in [2.24, 2.45) is 11.7 Å². The van der Waals surface area contributed by atoms with Gasteiger partial charge in [-0.25, -0.2) is 0 Å². The molecule has 5 nitrogen and oxygen atoms in total. The smallest absolute Gasteiger partial charge is 0.229 e. The molecule has 1 aromatic carbocycles. The fourth-order valence-electron chi connectivity index (χ4n) is 2.39. The average molecular weight is 298 g/mol. The van der Waals surface area contributed by atoms with E-state index in [9.17, 15) is 9.59 Å². The second kappa shape index (κ2) is 7.26. The van der Waals surface area contributed by atoms with Crippen molar-refractivity contribution in [3.63, 3.8) is 0 Å². The van der Waals surface area contributed by atoms with E-state index in [-0.39, 0.29) is 36.2 Å². The predicted octanol–water partition coefficient (Wildman–Crippen LogP) is 2.13. The van der Waals surface area contributed by atoms with Gasteiger partial charge < -0.3 is 16.4 Å².